The number of anilines is 1. The molecule has 4 aromatic carbocycles. The van der Waals surface area contributed by atoms with Crippen molar-refractivity contribution in [1.29, 1.82) is 0 Å². The number of hydrogen-bond donors (Lipinski definition) is 1. The van der Waals surface area contributed by atoms with E-state index in [2.05, 4.69) is 5.32 Å². The first-order valence-electron chi connectivity index (χ1n) is 14.9. The molecule has 0 unspecified atom stereocenters. The van der Waals surface area contributed by atoms with Crippen molar-refractivity contribution in [3.05, 3.63) is 119 Å². The van der Waals surface area contributed by atoms with Crippen LogP contribution < -0.4 is 14.4 Å². The third-order valence-electron chi connectivity index (χ3n) is 7.19. The Hall–Kier alpha value is -4.34. The zero-order valence-electron chi connectivity index (χ0n) is 25.6. The van der Waals surface area contributed by atoms with E-state index in [1.807, 2.05) is 51.1 Å². The van der Waals surface area contributed by atoms with Crippen LogP contribution in [0.25, 0.3) is 0 Å². The number of benzene rings is 4. The molecule has 2 amide bonds. The van der Waals surface area contributed by atoms with Crippen LogP contribution in [0.2, 0.25) is 5.02 Å². The molecule has 0 saturated heterocycles. The van der Waals surface area contributed by atoms with E-state index in [-0.39, 0.29) is 23.0 Å². The summed E-state index contributed by atoms with van der Waals surface area (Å²) in [6.45, 7) is 5.67. The van der Waals surface area contributed by atoms with E-state index in [1.165, 1.54) is 17.0 Å². The summed E-state index contributed by atoms with van der Waals surface area (Å²) in [6.07, 6.45) is 1.07. The highest BCUT2D eigenvalue weighted by Crippen LogP contribution is 2.29. The van der Waals surface area contributed by atoms with Crippen molar-refractivity contribution >= 4 is 39.1 Å². The fraction of sp³-hybridized carbons (Fsp3) is 0.257. The van der Waals surface area contributed by atoms with Gasteiger partial charge in [0.25, 0.3) is 10.0 Å². The van der Waals surface area contributed by atoms with Crippen molar-refractivity contribution in [2.75, 3.05) is 17.4 Å². The molecule has 0 aromatic heterocycles. The number of carbonyl (C=O) groups excluding carboxylic acids is 2. The Morgan fingerprint density at radius 3 is 2.07 bits per heavy atom. The minimum absolute atomic E-state index is 0.0440. The first-order valence-corrected chi connectivity index (χ1v) is 16.7. The van der Waals surface area contributed by atoms with Crippen molar-refractivity contribution < 1.29 is 22.7 Å². The molecule has 0 aliphatic carbocycles. The third kappa shape index (κ3) is 8.86. The van der Waals surface area contributed by atoms with Gasteiger partial charge in [0.05, 0.1) is 10.6 Å². The maximum absolute atomic E-state index is 14.2. The zero-order chi connectivity index (χ0) is 32.4. The van der Waals surface area contributed by atoms with Crippen LogP contribution in [0.4, 0.5) is 5.69 Å². The van der Waals surface area contributed by atoms with Gasteiger partial charge in [-0.3, -0.25) is 13.9 Å². The van der Waals surface area contributed by atoms with Crippen LogP contribution in [-0.4, -0.2) is 44.3 Å². The number of para-hydroxylation sites is 1. The summed E-state index contributed by atoms with van der Waals surface area (Å²) < 4.78 is 35.2. The summed E-state index contributed by atoms with van der Waals surface area (Å²) in [5, 5.41) is 3.43. The third-order valence-corrected chi connectivity index (χ3v) is 9.23. The lowest BCUT2D eigenvalue weighted by molar-refractivity contribution is -0.140. The number of aryl methyl sites for hydroxylation is 1. The maximum atomic E-state index is 14.2. The quantitative estimate of drug-likeness (QED) is 0.159. The number of sulfonamides is 1. The van der Waals surface area contributed by atoms with Gasteiger partial charge in [0, 0.05) is 18.1 Å². The first-order chi connectivity index (χ1) is 21.6. The molecule has 1 atom stereocenters. The van der Waals surface area contributed by atoms with Gasteiger partial charge < -0.3 is 15.0 Å². The van der Waals surface area contributed by atoms with Crippen LogP contribution in [0.5, 0.6) is 11.5 Å². The Morgan fingerprint density at radius 1 is 0.844 bits per heavy atom. The highest BCUT2D eigenvalue weighted by Gasteiger charge is 2.33. The molecular weight excluding hydrogens is 610 g/mol. The minimum atomic E-state index is -4.19. The Labute approximate surface area is 270 Å². The van der Waals surface area contributed by atoms with Crippen molar-refractivity contribution in [2.45, 2.75) is 51.1 Å². The average molecular weight is 648 g/mol. The Morgan fingerprint density at radius 2 is 1.47 bits per heavy atom. The molecule has 0 aliphatic rings. The molecule has 10 heteroatoms. The SMILES string of the molecule is CCCNC(=O)[C@H](CC)N(Cc1ccc(Cl)cc1)C(=O)CN(c1ccc(Oc2ccccc2)cc1)S(=O)(=O)c1ccc(C)cc1. The fourth-order valence-electron chi connectivity index (χ4n) is 4.74. The lowest BCUT2D eigenvalue weighted by Gasteiger charge is -2.33. The molecular formula is C35H38ClN3O5S. The highest BCUT2D eigenvalue weighted by molar-refractivity contribution is 7.92. The van der Waals surface area contributed by atoms with Crippen molar-refractivity contribution in [2.24, 2.45) is 0 Å². The molecule has 0 aliphatic heterocycles. The predicted octanol–water partition coefficient (Wildman–Crippen LogP) is 6.97. The molecule has 1 N–H and O–H groups in total. The van der Waals surface area contributed by atoms with Gasteiger partial charge in [-0.2, -0.15) is 0 Å². The summed E-state index contributed by atoms with van der Waals surface area (Å²) in [7, 11) is -4.19. The molecule has 0 spiro atoms. The second kappa shape index (κ2) is 15.6. The second-order valence-electron chi connectivity index (χ2n) is 10.6. The van der Waals surface area contributed by atoms with E-state index in [4.69, 9.17) is 16.3 Å². The highest BCUT2D eigenvalue weighted by atomic mass is 35.5. The standard InChI is InChI=1S/C35H38ClN3O5S/c1-4-23-37-35(41)33(5-2)38(24-27-13-15-28(36)16-14-27)34(40)25-39(45(42,43)32-21-11-26(3)12-22-32)29-17-19-31(20-18-29)44-30-9-7-6-8-10-30/h6-22,33H,4-5,23-25H2,1-3H3,(H,37,41)/t33-/m0/s1. The number of carbonyl (C=O) groups is 2. The number of nitrogens with one attached hydrogen (secondary N) is 1. The summed E-state index contributed by atoms with van der Waals surface area (Å²) in [6, 6.07) is 28.4. The largest absolute Gasteiger partial charge is 0.457 e. The van der Waals surface area contributed by atoms with Crippen LogP contribution in [0, 0.1) is 6.92 Å². The predicted molar refractivity (Wildman–Crippen MR) is 178 cm³/mol. The molecule has 45 heavy (non-hydrogen) atoms. The van der Waals surface area contributed by atoms with E-state index in [0.29, 0.717) is 29.5 Å². The van der Waals surface area contributed by atoms with Gasteiger partial charge >= 0.3 is 0 Å². The minimum Gasteiger partial charge on any atom is -0.457 e. The summed E-state index contributed by atoms with van der Waals surface area (Å²) in [5.41, 5.74) is 1.93. The lowest BCUT2D eigenvalue weighted by Crippen LogP contribution is -2.52. The van der Waals surface area contributed by atoms with Gasteiger partial charge in [-0.05, 0) is 86.0 Å². The van der Waals surface area contributed by atoms with Crippen LogP contribution in [-0.2, 0) is 26.2 Å². The van der Waals surface area contributed by atoms with Crippen molar-refractivity contribution in [3.8, 4) is 11.5 Å². The van der Waals surface area contributed by atoms with E-state index in [1.54, 1.807) is 60.7 Å². The molecule has 0 saturated carbocycles. The van der Waals surface area contributed by atoms with Gasteiger partial charge in [0.1, 0.15) is 24.1 Å². The van der Waals surface area contributed by atoms with Gasteiger partial charge in [-0.25, -0.2) is 8.42 Å². The van der Waals surface area contributed by atoms with Crippen LogP contribution >= 0.6 is 11.6 Å². The fourth-order valence-corrected chi connectivity index (χ4v) is 6.28. The normalized spacial score (nSPS) is 11.8. The lowest BCUT2D eigenvalue weighted by atomic mass is 10.1. The first kappa shape index (κ1) is 33.6. The molecule has 4 rings (SSSR count). The Bertz CT molecular complexity index is 1660. The van der Waals surface area contributed by atoms with E-state index < -0.39 is 28.5 Å². The van der Waals surface area contributed by atoms with Crippen LogP contribution in [0.3, 0.4) is 0 Å². The van der Waals surface area contributed by atoms with Crippen LogP contribution in [0.1, 0.15) is 37.8 Å². The summed E-state index contributed by atoms with van der Waals surface area (Å²) in [4.78, 5) is 28.9. The van der Waals surface area contributed by atoms with E-state index in [9.17, 15) is 18.0 Å². The average Bonchev–Trinajstić information content (AvgIpc) is 3.04. The van der Waals surface area contributed by atoms with Crippen molar-refractivity contribution in [3.63, 3.8) is 0 Å². The second-order valence-corrected chi connectivity index (χ2v) is 12.9. The molecule has 0 bridgehead atoms. The molecule has 0 heterocycles. The van der Waals surface area contributed by atoms with Gasteiger partial charge in [0.2, 0.25) is 11.8 Å². The number of halogens is 1. The smallest absolute Gasteiger partial charge is 0.264 e. The van der Waals surface area contributed by atoms with Crippen LogP contribution in [0.15, 0.2) is 108 Å². The topological polar surface area (TPSA) is 96.0 Å². The van der Waals surface area contributed by atoms with E-state index in [0.717, 1.165) is 21.9 Å². The molecule has 236 valence electrons. The molecule has 0 fully saturated rings. The number of rotatable bonds is 14. The Kier molecular flexibility index (Phi) is 11.6. The maximum Gasteiger partial charge on any atom is 0.264 e. The molecule has 0 radical (unpaired) electrons. The van der Waals surface area contributed by atoms with Gasteiger partial charge in [0.15, 0.2) is 0 Å². The summed E-state index contributed by atoms with van der Waals surface area (Å²) >= 11 is 6.09. The summed E-state index contributed by atoms with van der Waals surface area (Å²) in [5.74, 6) is 0.321. The zero-order valence-corrected chi connectivity index (χ0v) is 27.2. The number of nitrogens with zero attached hydrogens (tertiary/aromatic N) is 2. The molecule has 4 aromatic rings. The van der Waals surface area contributed by atoms with Gasteiger partial charge in [-0.15, -0.1) is 0 Å². The molecule has 8 nitrogen and oxygen atoms in total. The monoisotopic (exact) mass is 647 g/mol. The van der Waals surface area contributed by atoms with E-state index >= 15 is 0 Å². The van der Waals surface area contributed by atoms with Gasteiger partial charge in [-0.1, -0.05) is 73.5 Å². The number of ether oxygens (including phenoxy) is 1. The number of amides is 2. The number of hydrogen-bond acceptors (Lipinski definition) is 5. The Balaban J connectivity index is 1.71. The van der Waals surface area contributed by atoms with Crippen molar-refractivity contribution in [1.82, 2.24) is 10.2 Å².